The third kappa shape index (κ3) is 1.07. The summed E-state index contributed by atoms with van der Waals surface area (Å²) in [4.78, 5) is 0. The van der Waals surface area contributed by atoms with Crippen LogP contribution in [0.15, 0.2) is 24.3 Å². The quantitative estimate of drug-likeness (QED) is 0.566. The predicted molar refractivity (Wildman–Crippen MR) is 45.4 cm³/mol. The third-order valence-electron chi connectivity index (χ3n) is 1.67. The second kappa shape index (κ2) is 2.31. The smallest absolute Gasteiger partial charge is 0.129 e. The summed E-state index contributed by atoms with van der Waals surface area (Å²) < 4.78 is 5.34. The molecule has 2 nitrogen and oxygen atoms in total. The molecule has 1 heterocycles. The molecule has 0 fully saturated rings. The molecule has 1 aliphatic heterocycles. The normalized spacial score (nSPS) is 13.8. The summed E-state index contributed by atoms with van der Waals surface area (Å²) in [5.74, 6) is 0.882. The standard InChI is InChI=1S/C9H9NO/c10-8-4-3-7-2-1-5-11-9(7)6-8/h1-4,6H,5,10H2. The lowest BCUT2D eigenvalue weighted by atomic mass is 10.1. The van der Waals surface area contributed by atoms with E-state index in [1.54, 1.807) is 0 Å². The molecule has 0 aliphatic carbocycles. The van der Waals surface area contributed by atoms with Crippen LogP contribution in [0, 0.1) is 0 Å². The molecule has 0 saturated heterocycles. The van der Waals surface area contributed by atoms with Gasteiger partial charge < -0.3 is 10.5 Å². The number of nitrogen functional groups attached to an aromatic ring is 1. The summed E-state index contributed by atoms with van der Waals surface area (Å²) in [6.07, 6.45) is 4.02. The Morgan fingerprint density at radius 2 is 2.27 bits per heavy atom. The Kier molecular flexibility index (Phi) is 1.32. The molecule has 2 N–H and O–H groups in total. The van der Waals surface area contributed by atoms with E-state index in [-0.39, 0.29) is 0 Å². The van der Waals surface area contributed by atoms with E-state index < -0.39 is 0 Å². The molecule has 0 unspecified atom stereocenters. The lowest BCUT2D eigenvalue weighted by Crippen LogP contribution is -2.00. The van der Waals surface area contributed by atoms with Gasteiger partial charge in [0, 0.05) is 17.3 Å². The summed E-state index contributed by atoms with van der Waals surface area (Å²) in [6.45, 7) is 0.649. The molecule has 1 aromatic rings. The number of rotatable bonds is 0. The van der Waals surface area contributed by atoms with Crippen LogP contribution in [0.1, 0.15) is 5.56 Å². The highest BCUT2D eigenvalue weighted by atomic mass is 16.5. The van der Waals surface area contributed by atoms with Crippen LogP contribution >= 0.6 is 0 Å². The minimum absolute atomic E-state index is 0.649. The van der Waals surface area contributed by atoms with Crippen molar-refractivity contribution < 1.29 is 4.74 Å². The Balaban J connectivity index is 2.53. The van der Waals surface area contributed by atoms with Gasteiger partial charge in [0.05, 0.1) is 0 Å². The molecular formula is C9H9NO. The molecule has 0 aromatic heterocycles. The summed E-state index contributed by atoms with van der Waals surface area (Å²) in [5, 5.41) is 0. The van der Waals surface area contributed by atoms with Crippen molar-refractivity contribution in [1.29, 1.82) is 0 Å². The van der Waals surface area contributed by atoms with Gasteiger partial charge >= 0.3 is 0 Å². The van der Waals surface area contributed by atoms with Gasteiger partial charge in [-0.15, -0.1) is 0 Å². The predicted octanol–water partition coefficient (Wildman–Crippen LogP) is 1.67. The Morgan fingerprint density at radius 1 is 1.36 bits per heavy atom. The van der Waals surface area contributed by atoms with Crippen LogP contribution < -0.4 is 10.5 Å². The van der Waals surface area contributed by atoms with E-state index in [1.165, 1.54) is 0 Å². The number of ether oxygens (including phenoxy) is 1. The second-order valence-corrected chi connectivity index (χ2v) is 2.51. The molecule has 2 heteroatoms. The van der Waals surface area contributed by atoms with Crippen molar-refractivity contribution >= 4 is 11.8 Å². The largest absolute Gasteiger partial charge is 0.489 e. The Labute approximate surface area is 65.3 Å². The van der Waals surface area contributed by atoms with Crippen molar-refractivity contribution in [1.82, 2.24) is 0 Å². The van der Waals surface area contributed by atoms with E-state index in [9.17, 15) is 0 Å². The monoisotopic (exact) mass is 147 g/mol. The van der Waals surface area contributed by atoms with E-state index in [1.807, 2.05) is 30.4 Å². The maximum atomic E-state index is 5.58. The van der Waals surface area contributed by atoms with Crippen LogP contribution in [-0.2, 0) is 0 Å². The van der Waals surface area contributed by atoms with Gasteiger partial charge in [0.2, 0.25) is 0 Å². The first-order valence-electron chi connectivity index (χ1n) is 3.55. The second-order valence-electron chi connectivity index (χ2n) is 2.51. The molecule has 0 amide bonds. The highest BCUT2D eigenvalue weighted by Gasteiger charge is 2.03. The Morgan fingerprint density at radius 3 is 3.18 bits per heavy atom. The summed E-state index contributed by atoms with van der Waals surface area (Å²) in [7, 11) is 0. The summed E-state index contributed by atoms with van der Waals surface area (Å²) in [5.41, 5.74) is 7.43. The van der Waals surface area contributed by atoms with Crippen molar-refractivity contribution in [3.8, 4) is 5.75 Å². The molecule has 0 saturated carbocycles. The Hall–Kier alpha value is -1.44. The van der Waals surface area contributed by atoms with E-state index >= 15 is 0 Å². The van der Waals surface area contributed by atoms with E-state index in [0.29, 0.717) is 6.61 Å². The van der Waals surface area contributed by atoms with Gasteiger partial charge in [-0.2, -0.15) is 0 Å². The number of hydrogen-bond donors (Lipinski definition) is 1. The van der Waals surface area contributed by atoms with Gasteiger partial charge in [0.15, 0.2) is 0 Å². The molecule has 1 aromatic carbocycles. The van der Waals surface area contributed by atoms with Gasteiger partial charge in [-0.25, -0.2) is 0 Å². The molecule has 2 rings (SSSR count). The highest BCUT2D eigenvalue weighted by molar-refractivity contribution is 5.63. The van der Waals surface area contributed by atoms with Crippen LogP contribution in [-0.4, -0.2) is 6.61 Å². The molecule has 0 spiro atoms. The molecular weight excluding hydrogens is 138 g/mol. The minimum Gasteiger partial charge on any atom is -0.489 e. The average molecular weight is 147 g/mol. The lowest BCUT2D eigenvalue weighted by Gasteiger charge is -2.11. The van der Waals surface area contributed by atoms with Gasteiger partial charge in [-0.05, 0) is 18.2 Å². The average Bonchev–Trinajstić information content (AvgIpc) is 2.04. The first kappa shape index (κ1) is 6.28. The minimum atomic E-state index is 0.649. The van der Waals surface area contributed by atoms with Crippen molar-refractivity contribution in [2.45, 2.75) is 0 Å². The number of benzene rings is 1. The molecule has 0 atom stereocenters. The zero-order chi connectivity index (χ0) is 7.68. The first-order chi connectivity index (χ1) is 5.36. The number of fused-ring (bicyclic) bond motifs is 1. The topological polar surface area (TPSA) is 35.2 Å². The van der Waals surface area contributed by atoms with Crippen LogP contribution in [0.3, 0.4) is 0 Å². The maximum Gasteiger partial charge on any atom is 0.129 e. The van der Waals surface area contributed by atoms with E-state index in [2.05, 4.69) is 0 Å². The third-order valence-corrected chi connectivity index (χ3v) is 1.67. The fraction of sp³-hybridized carbons (Fsp3) is 0.111. The Bertz CT molecular complexity index is 304. The van der Waals surface area contributed by atoms with Crippen molar-refractivity contribution in [3.63, 3.8) is 0 Å². The number of hydrogen-bond acceptors (Lipinski definition) is 2. The van der Waals surface area contributed by atoms with Crippen LogP contribution in [0.2, 0.25) is 0 Å². The fourth-order valence-electron chi connectivity index (χ4n) is 1.13. The van der Waals surface area contributed by atoms with Gasteiger partial charge in [-0.3, -0.25) is 0 Å². The number of anilines is 1. The van der Waals surface area contributed by atoms with Gasteiger partial charge in [-0.1, -0.05) is 6.08 Å². The zero-order valence-corrected chi connectivity index (χ0v) is 6.08. The van der Waals surface area contributed by atoms with Crippen molar-refractivity contribution in [3.05, 3.63) is 29.8 Å². The highest BCUT2D eigenvalue weighted by Crippen LogP contribution is 2.25. The molecule has 0 bridgehead atoms. The SMILES string of the molecule is Nc1ccc2c(c1)OCC=C2. The molecule has 11 heavy (non-hydrogen) atoms. The van der Waals surface area contributed by atoms with Crippen molar-refractivity contribution in [2.75, 3.05) is 12.3 Å². The molecule has 1 aliphatic rings. The van der Waals surface area contributed by atoms with Crippen LogP contribution in [0.4, 0.5) is 5.69 Å². The summed E-state index contributed by atoms with van der Waals surface area (Å²) >= 11 is 0. The maximum absolute atomic E-state index is 5.58. The lowest BCUT2D eigenvalue weighted by molar-refractivity contribution is 0.359. The van der Waals surface area contributed by atoms with E-state index in [0.717, 1.165) is 17.0 Å². The van der Waals surface area contributed by atoms with Crippen LogP contribution in [0.5, 0.6) is 5.75 Å². The van der Waals surface area contributed by atoms with Crippen LogP contribution in [0.25, 0.3) is 6.08 Å². The van der Waals surface area contributed by atoms with Gasteiger partial charge in [0.25, 0.3) is 0 Å². The summed E-state index contributed by atoms with van der Waals surface area (Å²) in [6, 6.07) is 5.68. The van der Waals surface area contributed by atoms with Gasteiger partial charge in [0.1, 0.15) is 12.4 Å². The first-order valence-corrected chi connectivity index (χ1v) is 3.55. The fourth-order valence-corrected chi connectivity index (χ4v) is 1.13. The number of nitrogens with two attached hydrogens (primary N) is 1. The van der Waals surface area contributed by atoms with Crippen molar-refractivity contribution in [2.24, 2.45) is 0 Å². The molecule has 0 radical (unpaired) electrons. The van der Waals surface area contributed by atoms with E-state index in [4.69, 9.17) is 10.5 Å². The zero-order valence-electron chi connectivity index (χ0n) is 6.08. The molecule has 56 valence electrons.